The highest BCUT2D eigenvalue weighted by atomic mass is 19.1. The summed E-state index contributed by atoms with van der Waals surface area (Å²) in [5.74, 6) is -0.259. The molecule has 5 nitrogen and oxygen atoms in total. The lowest BCUT2D eigenvalue weighted by Gasteiger charge is -2.34. The zero-order valence-electron chi connectivity index (χ0n) is 19.1. The number of halogens is 1. The summed E-state index contributed by atoms with van der Waals surface area (Å²) < 4.78 is 16.8. The van der Waals surface area contributed by atoms with E-state index in [4.69, 9.17) is 0 Å². The molecule has 1 aliphatic carbocycles. The molecular weight excluding hydrogens is 389 g/mol. The molecule has 1 fully saturated rings. The van der Waals surface area contributed by atoms with Crippen molar-refractivity contribution in [1.29, 1.82) is 5.26 Å². The molecule has 0 amide bonds. The van der Waals surface area contributed by atoms with Gasteiger partial charge >= 0.3 is 0 Å². The number of aryl methyl sites for hydroxylation is 1. The van der Waals surface area contributed by atoms with E-state index in [1.54, 1.807) is 13.0 Å². The topological polar surface area (TPSA) is 56.0 Å². The summed E-state index contributed by atoms with van der Waals surface area (Å²) in [7, 11) is 2.04. The normalized spacial score (nSPS) is 19.7. The van der Waals surface area contributed by atoms with Crippen molar-refractivity contribution < 1.29 is 4.39 Å². The van der Waals surface area contributed by atoms with E-state index in [0.717, 1.165) is 41.6 Å². The van der Waals surface area contributed by atoms with E-state index in [9.17, 15) is 9.65 Å². The molecule has 2 heterocycles. The minimum atomic E-state index is -0.259. The van der Waals surface area contributed by atoms with Crippen LogP contribution in [0.25, 0.3) is 10.9 Å². The van der Waals surface area contributed by atoms with E-state index < -0.39 is 0 Å². The number of nitrogens with one attached hydrogen (secondary N) is 2. The highest BCUT2D eigenvalue weighted by molar-refractivity contribution is 5.89. The Morgan fingerprint density at radius 3 is 2.58 bits per heavy atom. The molecule has 0 bridgehead atoms. The zero-order chi connectivity index (χ0) is 22.3. The Balaban J connectivity index is 1.82. The summed E-state index contributed by atoms with van der Waals surface area (Å²) in [6.07, 6.45) is 10.5. The van der Waals surface area contributed by atoms with E-state index in [1.807, 2.05) is 13.1 Å². The molecule has 31 heavy (non-hydrogen) atoms. The lowest BCUT2D eigenvalue weighted by Crippen LogP contribution is -2.45. The average Bonchev–Trinajstić information content (AvgIpc) is 2.81. The minimum Gasteiger partial charge on any atom is -0.367 e. The minimum absolute atomic E-state index is 0.0542. The van der Waals surface area contributed by atoms with E-state index in [-0.39, 0.29) is 17.4 Å². The number of aromatic nitrogens is 1. The molecule has 2 aromatic rings. The van der Waals surface area contributed by atoms with Crippen molar-refractivity contribution in [2.75, 3.05) is 7.05 Å². The van der Waals surface area contributed by atoms with Crippen LogP contribution in [0.15, 0.2) is 36.2 Å². The summed E-state index contributed by atoms with van der Waals surface area (Å²) >= 11 is 0. The first-order chi connectivity index (χ1) is 14.7. The maximum Gasteiger partial charge on any atom is 0.126 e. The second kappa shape index (κ2) is 8.05. The van der Waals surface area contributed by atoms with E-state index in [2.05, 4.69) is 65.5 Å². The molecule has 2 aliphatic rings. The van der Waals surface area contributed by atoms with Crippen LogP contribution < -0.4 is 10.9 Å². The molecule has 4 rings (SSSR count). The largest absolute Gasteiger partial charge is 0.367 e. The number of hydrogen-bond acceptors (Lipinski definition) is 4. The molecule has 1 unspecified atom stereocenters. The van der Waals surface area contributed by atoms with Crippen molar-refractivity contribution in [2.45, 2.75) is 71.0 Å². The van der Waals surface area contributed by atoms with Crippen molar-refractivity contribution in [2.24, 2.45) is 0 Å². The summed E-state index contributed by atoms with van der Waals surface area (Å²) in [4.78, 5) is 2.14. The molecule has 0 radical (unpaired) electrons. The first-order valence-electron chi connectivity index (χ1n) is 11.1. The smallest absolute Gasteiger partial charge is 0.126 e. The highest BCUT2D eigenvalue weighted by Crippen LogP contribution is 2.43. The number of nitrogens with zero attached hydrogens (tertiary/aromatic N) is 3. The number of allylic oxidation sites excluding steroid dienone is 1. The molecule has 1 saturated carbocycles. The molecule has 1 aromatic carbocycles. The number of fused-ring (bicyclic) bond motifs is 1. The molecular formula is C25H32FN5. The van der Waals surface area contributed by atoms with Gasteiger partial charge in [0.05, 0.1) is 22.8 Å². The SMILES string of the molecule is Cc1cc2c(cc1F)c(C#N)c(C1C=CCC(NNC(C)(C)C)=CN1C)n2C1CCC1. The number of rotatable bonds is 4. The maximum atomic E-state index is 14.5. The van der Waals surface area contributed by atoms with Crippen molar-refractivity contribution >= 4 is 10.9 Å². The number of likely N-dealkylation sites (N-methyl/N-ethyl adjacent to an activating group) is 1. The molecule has 0 spiro atoms. The van der Waals surface area contributed by atoms with Gasteiger partial charge in [0.25, 0.3) is 0 Å². The Morgan fingerprint density at radius 2 is 1.97 bits per heavy atom. The number of hydrazine groups is 1. The van der Waals surface area contributed by atoms with Crippen LogP contribution in [-0.4, -0.2) is 22.1 Å². The first kappa shape index (κ1) is 21.5. The molecule has 1 aliphatic heterocycles. The van der Waals surface area contributed by atoms with E-state index in [1.165, 1.54) is 6.42 Å². The third kappa shape index (κ3) is 4.07. The van der Waals surface area contributed by atoms with Gasteiger partial charge in [0.2, 0.25) is 0 Å². The standard InChI is InChI=1S/C25H32FN5/c1-16-12-23-19(13-21(16)26)20(14-27)24(31(23)18-9-7-10-18)22-11-6-8-17(15-30(22)5)28-29-25(2,3)4/h6,11-13,15,18,22,28-29H,7-10H2,1-5H3. The van der Waals surface area contributed by atoms with Gasteiger partial charge in [0.1, 0.15) is 11.9 Å². The van der Waals surface area contributed by atoms with Gasteiger partial charge in [0, 0.05) is 42.3 Å². The molecule has 2 N–H and O–H groups in total. The first-order valence-corrected chi connectivity index (χ1v) is 11.1. The number of hydrogen-bond donors (Lipinski definition) is 2. The van der Waals surface area contributed by atoms with E-state index in [0.29, 0.717) is 17.2 Å². The van der Waals surface area contributed by atoms with E-state index >= 15 is 0 Å². The predicted molar refractivity (Wildman–Crippen MR) is 123 cm³/mol. The van der Waals surface area contributed by atoms with Crippen LogP contribution in [0.5, 0.6) is 0 Å². The Kier molecular flexibility index (Phi) is 5.57. The Morgan fingerprint density at radius 1 is 1.23 bits per heavy atom. The fourth-order valence-corrected chi connectivity index (χ4v) is 4.37. The van der Waals surface area contributed by atoms with Gasteiger partial charge in [0.15, 0.2) is 0 Å². The van der Waals surface area contributed by atoms with Crippen LogP contribution in [-0.2, 0) is 0 Å². The Labute approximate surface area is 184 Å². The van der Waals surface area contributed by atoms with Crippen LogP contribution in [0.3, 0.4) is 0 Å². The van der Waals surface area contributed by atoms with Crippen molar-refractivity contribution in [1.82, 2.24) is 20.3 Å². The summed E-state index contributed by atoms with van der Waals surface area (Å²) in [5, 5.41) is 10.8. The second-order valence-electron chi connectivity index (χ2n) is 9.84. The lowest BCUT2D eigenvalue weighted by molar-refractivity contribution is 0.293. The Hall–Kier alpha value is -2.78. The van der Waals surface area contributed by atoms with Crippen LogP contribution in [0.4, 0.5) is 4.39 Å². The molecule has 164 valence electrons. The van der Waals surface area contributed by atoms with Crippen LogP contribution in [0.2, 0.25) is 0 Å². The summed E-state index contributed by atoms with van der Waals surface area (Å²) in [6.45, 7) is 8.12. The second-order valence-corrected chi connectivity index (χ2v) is 9.84. The summed E-state index contributed by atoms with van der Waals surface area (Å²) in [6, 6.07) is 6.12. The van der Waals surface area contributed by atoms with Gasteiger partial charge in [-0.2, -0.15) is 5.26 Å². The van der Waals surface area contributed by atoms with Crippen LogP contribution in [0, 0.1) is 24.1 Å². The zero-order valence-corrected chi connectivity index (χ0v) is 19.1. The molecule has 0 saturated heterocycles. The van der Waals surface area contributed by atoms with Gasteiger partial charge in [-0.25, -0.2) is 9.82 Å². The van der Waals surface area contributed by atoms with Crippen LogP contribution >= 0.6 is 0 Å². The van der Waals surface area contributed by atoms with Crippen LogP contribution in [0.1, 0.15) is 75.4 Å². The quantitative estimate of drug-likeness (QED) is 0.516. The third-order valence-corrected chi connectivity index (χ3v) is 6.21. The van der Waals surface area contributed by atoms with Crippen molar-refractivity contribution in [3.05, 3.63) is 58.8 Å². The fraction of sp³-hybridized carbons (Fsp3) is 0.480. The monoisotopic (exact) mass is 421 g/mol. The fourth-order valence-electron chi connectivity index (χ4n) is 4.37. The Bertz CT molecular complexity index is 1090. The predicted octanol–water partition coefficient (Wildman–Crippen LogP) is 5.35. The third-order valence-electron chi connectivity index (χ3n) is 6.21. The van der Waals surface area contributed by atoms with Gasteiger partial charge in [-0.1, -0.05) is 12.2 Å². The van der Waals surface area contributed by atoms with Gasteiger partial charge in [-0.3, -0.25) is 0 Å². The summed E-state index contributed by atoms with van der Waals surface area (Å²) in [5.41, 5.74) is 10.8. The molecule has 6 heteroatoms. The van der Waals surface area contributed by atoms with Gasteiger partial charge in [-0.15, -0.1) is 0 Å². The van der Waals surface area contributed by atoms with Crippen molar-refractivity contribution in [3.63, 3.8) is 0 Å². The number of nitriles is 1. The van der Waals surface area contributed by atoms with Crippen molar-refractivity contribution in [3.8, 4) is 6.07 Å². The number of benzene rings is 1. The lowest BCUT2D eigenvalue weighted by atomic mass is 9.92. The highest BCUT2D eigenvalue weighted by Gasteiger charge is 2.32. The maximum absolute atomic E-state index is 14.5. The average molecular weight is 422 g/mol. The van der Waals surface area contributed by atoms with Gasteiger partial charge < -0.3 is 14.9 Å². The molecule has 1 atom stereocenters. The van der Waals surface area contributed by atoms with Gasteiger partial charge in [-0.05, 0) is 64.7 Å². The molecule has 1 aromatic heterocycles.